The highest BCUT2D eigenvalue weighted by molar-refractivity contribution is 7.90. The van der Waals surface area contributed by atoms with Crippen molar-refractivity contribution < 1.29 is 36.2 Å². The van der Waals surface area contributed by atoms with Gasteiger partial charge in [-0.1, -0.05) is 30.7 Å². The minimum atomic E-state index is -4.93. The summed E-state index contributed by atoms with van der Waals surface area (Å²) in [5.74, 6) is -2.55. The molecule has 1 saturated carbocycles. The molecule has 2 aliphatic carbocycles. The van der Waals surface area contributed by atoms with Crippen molar-refractivity contribution >= 4 is 33.2 Å². The van der Waals surface area contributed by atoms with Gasteiger partial charge in [-0.15, -0.1) is 0 Å². The van der Waals surface area contributed by atoms with Gasteiger partial charge in [0.25, 0.3) is 5.91 Å². The first-order valence-electron chi connectivity index (χ1n) is 15.5. The van der Waals surface area contributed by atoms with Crippen molar-refractivity contribution in [1.29, 1.82) is 0 Å². The molecule has 2 heterocycles. The van der Waals surface area contributed by atoms with Crippen LogP contribution >= 0.6 is 11.6 Å². The van der Waals surface area contributed by atoms with Crippen molar-refractivity contribution in [2.24, 2.45) is 17.8 Å². The molecule has 2 aromatic carbocycles. The second-order valence-electron chi connectivity index (χ2n) is 13.4. The van der Waals surface area contributed by atoms with Crippen molar-refractivity contribution in [3.63, 3.8) is 0 Å². The molecule has 2 bridgehead atoms. The topological polar surface area (TPSA) is 95.9 Å². The standard InChI is InChI=1S/C33H38ClF3N2O5S/c1-20-5-3-14-32(41,33(35,36)37)27-10-7-24(27)17-39-18-31(13-4-6-22-15-25(34)9-11-26(22)31)19-44-29-12-8-23(16-28(29)39)30(40)38-45(42,43)21(20)2/h3,8-9,11-12,14-16,20-21,24,27,41H,4-7,10,13,17-19H2,1-2H3,(H,38,40)/b14-3+/t20-,21+,24-,27+,31-,32+/m0/s1. The highest BCUT2D eigenvalue weighted by Gasteiger charge is 2.61. The minimum absolute atomic E-state index is 0.0275. The first-order valence-corrected chi connectivity index (χ1v) is 17.4. The minimum Gasteiger partial charge on any atom is -0.490 e. The number of anilines is 1. The zero-order valence-corrected chi connectivity index (χ0v) is 26.8. The molecule has 12 heteroatoms. The number of benzene rings is 2. The zero-order valence-electron chi connectivity index (χ0n) is 25.2. The zero-order chi connectivity index (χ0) is 32.4. The van der Waals surface area contributed by atoms with Gasteiger partial charge in [0, 0.05) is 35.0 Å². The first-order chi connectivity index (χ1) is 21.1. The molecule has 4 aliphatic rings. The smallest absolute Gasteiger partial charge is 0.421 e. The Bertz CT molecular complexity index is 1630. The van der Waals surface area contributed by atoms with Gasteiger partial charge in [0.15, 0.2) is 5.60 Å². The van der Waals surface area contributed by atoms with Gasteiger partial charge in [-0.05, 0) is 105 Å². The fourth-order valence-electron chi connectivity index (χ4n) is 7.57. The van der Waals surface area contributed by atoms with E-state index in [-0.39, 0.29) is 24.9 Å². The van der Waals surface area contributed by atoms with Gasteiger partial charge < -0.3 is 14.7 Å². The largest absolute Gasteiger partial charge is 0.490 e. The number of fused-ring (bicyclic) bond motifs is 4. The van der Waals surface area contributed by atoms with Crippen molar-refractivity contribution in [2.45, 2.75) is 74.8 Å². The summed E-state index contributed by atoms with van der Waals surface area (Å²) in [5.41, 5.74) is -0.795. The number of sulfonamides is 1. The van der Waals surface area contributed by atoms with Crippen LogP contribution in [0.5, 0.6) is 5.75 Å². The molecule has 1 amide bonds. The lowest BCUT2D eigenvalue weighted by molar-refractivity contribution is -0.273. The monoisotopic (exact) mass is 666 g/mol. The van der Waals surface area contributed by atoms with E-state index >= 15 is 0 Å². The summed E-state index contributed by atoms with van der Waals surface area (Å²) < 4.78 is 78.7. The fourth-order valence-corrected chi connectivity index (χ4v) is 9.05. The molecule has 0 radical (unpaired) electrons. The highest BCUT2D eigenvalue weighted by atomic mass is 35.5. The summed E-state index contributed by atoms with van der Waals surface area (Å²) >= 11 is 6.34. The van der Waals surface area contributed by atoms with E-state index in [4.69, 9.17) is 16.3 Å². The Balaban J connectivity index is 1.47. The molecule has 0 aromatic heterocycles. The van der Waals surface area contributed by atoms with Crippen molar-refractivity contribution in [3.8, 4) is 5.75 Å². The third-order valence-corrected chi connectivity index (χ3v) is 12.7. The molecule has 244 valence electrons. The maximum atomic E-state index is 14.6. The summed E-state index contributed by atoms with van der Waals surface area (Å²) in [4.78, 5) is 15.3. The average Bonchev–Trinajstić information content (AvgIpc) is 3.10. The van der Waals surface area contributed by atoms with Crippen LogP contribution < -0.4 is 14.4 Å². The van der Waals surface area contributed by atoms with Crippen LogP contribution in [0.25, 0.3) is 0 Å². The second-order valence-corrected chi connectivity index (χ2v) is 15.8. The lowest BCUT2D eigenvalue weighted by atomic mass is 9.63. The van der Waals surface area contributed by atoms with Gasteiger partial charge in [0.1, 0.15) is 5.75 Å². The summed E-state index contributed by atoms with van der Waals surface area (Å²) in [7, 11) is -4.18. The number of aliphatic hydroxyl groups is 1. The lowest BCUT2D eigenvalue weighted by Gasteiger charge is -2.49. The molecule has 6 atom stereocenters. The summed E-state index contributed by atoms with van der Waals surface area (Å²) in [6, 6.07) is 10.5. The lowest BCUT2D eigenvalue weighted by Crippen LogP contribution is -2.58. The van der Waals surface area contributed by atoms with Gasteiger partial charge in [-0.2, -0.15) is 13.2 Å². The maximum Gasteiger partial charge on any atom is 0.421 e. The molecule has 1 fully saturated rings. The molecular formula is C33H38ClF3N2O5S. The Labute approximate surface area is 266 Å². The van der Waals surface area contributed by atoms with Gasteiger partial charge in [-0.3, -0.25) is 4.79 Å². The fraction of sp³-hybridized carbons (Fsp3) is 0.545. The van der Waals surface area contributed by atoms with E-state index in [9.17, 15) is 31.5 Å². The summed E-state index contributed by atoms with van der Waals surface area (Å²) in [6.07, 6.45) is 0.257. The number of carbonyl (C=O) groups is 1. The molecule has 2 aromatic rings. The van der Waals surface area contributed by atoms with Crippen molar-refractivity contribution in [1.82, 2.24) is 4.72 Å². The van der Waals surface area contributed by atoms with Gasteiger partial charge >= 0.3 is 6.18 Å². The van der Waals surface area contributed by atoms with Gasteiger partial charge in [0.05, 0.1) is 17.5 Å². The van der Waals surface area contributed by atoms with E-state index < -0.39 is 56.1 Å². The van der Waals surface area contributed by atoms with E-state index in [1.807, 2.05) is 23.1 Å². The third-order valence-electron chi connectivity index (χ3n) is 10.6. The molecule has 7 nitrogen and oxygen atoms in total. The van der Waals surface area contributed by atoms with Gasteiger partial charge in [0.2, 0.25) is 10.0 Å². The third kappa shape index (κ3) is 5.73. The van der Waals surface area contributed by atoms with E-state index in [1.165, 1.54) is 19.1 Å². The molecule has 6 rings (SSSR count). The van der Waals surface area contributed by atoms with E-state index in [2.05, 4.69) is 4.72 Å². The number of allylic oxidation sites excluding steroid dienone is 1. The number of nitrogens with one attached hydrogen (secondary N) is 1. The molecule has 45 heavy (non-hydrogen) atoms. The van der Waals surface area contributed by atoms with E-state index in [0.717, 1.165) is 36.5 Å². The predicted octanol–water partition coefficient (Wildman–Crippen LogP) is 6.18. The number of carbonyl (C=O) groups excluding carboxylic acids is 1. The van der Waals surface area contributed by atoms with Crippen LogP contribution in [-0.4, -0.2) is 56.2 Å². The quantitative estimate of drug-likeness (QED) is 0.327. The van der Waals surface area contributed by atoms with E-state index in [1.54, 1.807) is 19.1 Å². The van der Waals surface area contributed by atoms with E-state index in [0.29, 0.717) is 36.0 Å². The number of rotatable bonds is 0. The van der Waals surface area contributed by atoms with Crippen LogP contribution in [0, 0.1) is 17.8 Å². The van der Waals surface area contributed by atoms with Crippen LogP contribution in [-0.2, 0) is 21.9 Å². The number of halogens is 4. The Morgan fingerprint density at radius 1 is 1.13 bits per heavy atom. The Morgan fingerprint density at radius 3 is 2.62 bits per heavy atom. The molecular weight excluding hydrogens is 629 g/mol. The number of amides is 1. The van der Waals surface area contributed by atoms with Crippen LogP contribution in [0.1, 0.15) is 67.4 Å². The number of ether oxygens (including phenoxy) is 1. The number of alkyl halides is 3. The van der Waals surface area contributed by atoms with Crippen LogP contribution in [0.4, 0.5) is 18.9 Å². The molecule has 2 N–H and O–H groups in total. The SMILES string of the molecule is C[C@@H]1[C@@H](C)C/C=C/[C@](O)(C(F)(F)F)[C@@H]2CC[C@H]2CN2C[C@@]3(CCCc4cc(Cl)ccc43)COc3ccc(cc32)C(=O)NS1(=O)=O. The first kappa shape index (κ1) is 32.2. The Morgan fingerprint density at radius 2 is 1.91 bits per heavy atom. The number of hydrogen-bond acceptors (Lipinski definition) is 6. The number of nitrogens with zero attached hydrogens (tertiary/aromatic N) is 1. The highest BCUT2D eigenvalue weighted by Crippen LogP contribution is 2.52. The molecule has 1 spiro atoms. The molecule has 0 saturated heterocycles. The molecule has 2 aliphatic heterocycles. The summed E-state index contributed by atoms with van der Waals surface area (Å²) in [6.45, 7) is 3.90. The van der Waals surface area contributed by atoms with Gasteiger partial charge in [-0.25, -0.2) is 13.1 Å². The second kappa shape index (κ2) is 11.5. The molecule has 0 unspecified atom stereocenters. The normalized spacial score (nSPS) is 33.9. The van der Waals surface area contributed by atoms with Crippen LogP contribution in [0.3, 0.4) is 0 Å². The maximum absolute atomic E-state index is 14.6. The van der Waals surface area contributed by atoms with Crippen LogP contribution in [0.2, 0.25) is 5.02 Å². The Hall–Kier alpha value is -2.76. The average molecular weight is 667 g/mol. The predicted molar refractivity (Wildman–Crippen MR) is 166 cm³/mol. The number of hydrogen-bond donors (Lipinski definition) is 2. The number of aryl methyl sites for hydroxylation is 1. The van der Waals surface area contributed by atoms with Crippen LogP contribution in [0.15, 0.2) is 48.6 Å². The Kier molecular flexibility index (Phi) is 8.22. The van der Waals surface area contributed by atoms with Crippen molar-refractivity contribution in [2.75, 3.05) is 24.6 Å². The summed E-state index contributed by atoms with van der Waals surface area (Å²) in [5, 5.41) is 10.8. The van der Waals surface area contributed by atoms with Crippen molar-refractivity contribution in [3.05, 3.63) is 70.3 Å².